The fraction of sp³-hybridized carbons (Fsp3) is 0.733. The van der Waals surface area contributed by atoms with Gasteiger partial charge in [0.25, 0.3) is 0 Å². The number of hydrogen-bond acceptors (Lipinski definition) is 5. The number of nitrogens with one attached hydrogen (secondary N) is 1. The minimum atomic E-state index is -3.37. The van der Waals surface area contributed by atoms with Crippen molar-refractivity contribution in [1.82, 2.24) is 9.62 Å². The topological polar surface area (TPSA) is 49.4 Å². The lowest BCUT2D eigenvalue weighted by atomic mass is 9.95. The first-order chi connectivity index (χ1) is 10.5. The van der Waals surface area contributed by atoms with Crippen LogP contribution in [0.5, 0.6) is 0 Å². The highest BCUT2D eigenvalue weighted by molar-refractivity contribution is 7.99. The van der Waals surface area contributed by atoms with Gasteiger partial charge in [0.1, 0.15) is 4.21 Å². The minimum Gasteiger partial charge on any atom is -0.295 e. The first-order valence-corrected chi connectivity index (χ1v) is 11.4. The highest BCUT2D eigenvalue weighted by atomic mass is 32.2. The van der Waals surface area contributed by atoms with Crippen molar-refractivity contribution in [1.29, 1.82) is 0 Å². The highest BCUT2D eigenvalue weighted by Crippen LogP contribution is 2.36. The van der Waals surface area contributed by atoms with Crippen molar-refractivity contribution in [2.24, 2.45) is 0 Å². The average molecular weight is 361 g/mol. The second-order valence-electron chi connectivity index (χ2n) is 6.22. The van der Waals surface area contributed by atoms with E-state index in [9.17, 15) is 8.42 Å². The van der Waals surface area contributed by atoms with Gasteiger partial charge in [-0.15, -0.1) is 11.3 Å². The lowest BCUT2D eigenvalue weighted by Crippen LogP contribution is -2.56. The molecule has 0 bridgehead atoms. The molecular weight excluding hydrogens is 336 g/mol. The standard InChI is InChI=1S/C15H24N2O2S3/c1-13-4-5-14(21-13)22(18,19)16-12-15(6-2-3-7-15)17-8-10-20-11-9-17/h4-5,16H,2-3,6-12H2,1H3. The van der Waals surface area contributed by atoms with Crippen molar-refractivity contribution in [2.45, 2.75) is 42.4 Å². The van der Waals surface area contributed by atoms with Gasteiger partial charge < -0.3 is 0 Å². The molecule has 1 saturated heterocycles. The third-order valence-corrected chi connectivity index (χ3v) is 8.62. The van der Waals surface area contributed by atoms with Gasteiger partial charge in [-0.1, -0.05) is 12.8 Å². The lowest BCUT2D eigenvalue weighted by Gasteiger charge is -2.43. The van der Waals surface area contributed by atoms with Gasteiger partial charge in [-0.3, -0.25) is 4.90 Å². The summed E-state index contributed by atoms with van der Waals surface area (Å²) in [6.07, 6.45) is 4.65. The van der Waals surface area contributed by atoms with Gasteiger partial charge in [-0.2, -0.15) is 11.8 Å². The molecule has 1 saturated carbocycles. The minimum absolute atomic E-state index is 0.0420. The summed E-state index contributed by atoms with van der Waals surface area (Å²) in [4.78, 5) is 3.57. The van der Waals surface area contributed by atoms with Gasteiger partial charge in [0.15, 0.2) is 0 Å². The molecule has 0 radical (unpaired) electrons. The summed E-state index contributed by atoms with van der Waals surface area (Å²) in [6, 6.07) is 3.58. The number of hydrogen-bond donors (Lipinski definition) is 1. The van der Waals surface area contributed by atoms with E-state index in [0.717, 1.165) is 30.8 Å². The van der Waals surface area contributed by atoms with Crippen molar-refractivity contribution < 1.29 is 8.42 Å². The number of rotatable bonds is 5. The van der Waals surface area contributed by atoms with Crippen LogP contribution >= 0.6 is 23.1 Å². The van der Waals surface area contributed by atoms with Crippen LogP contribution in [0.4, 0.5) is 0 Å². The quantitative estimate of drug-likeness (QED) is 0.877. The molecule has 2 aliphatic rings. The van der Waals surface area contributed by atoms with Crippen LogP contribution in [-0.4, -0.2) is 50.0 Å². The summed E-state index contributed by atoms with van der Waals surface area (Å²) >= 11 is 3.35. The molecule has 1 N–H and O–H groups in total. The Bertz CT molecular complexity index is 600. The molecule has 0 aromatic carbocycles. The maximum Gasteiger partial charge on any atom is 0.250 e. The Morgan fingerprint density at radius 1 is 1.23 bits per heavy atom. The molecule has 1 aliphatic heterocycles. The summed E-state index contributed by atoms with van der Waals surface area (Å²) in [5.74, 6) is 2.33. The van der Waals surface area contributed by atoms with Crippen molar-refractivity contribution in [3.05, 3.63) is 17.0 Å². The van der Waals surface area contributed by atoms with E-state index >= 15 is 0 Å². The number of aryl methyl sites for hydroxylation is 1. The second kappa shape index (κ2) is 6.81. The van der Waals surface area contributed by atoms with Crippen LogP contribution in [0.25, 0.3) is 0 Å². The molecule has 22 heavy (non-hydrogen) atoms. The molecule has 0 unspecified atom stereocenters. The maximum atomic E-state index is 12.5. The molecule has 0 atom stereocenters. The maximum absolute atomic E-state index is 12.5. The fourth-order valence-corrected chi connectivity index (χ4v) is 6.88. The number of nitrogens with zero attached hydrogens (tertiary/aromatic N) is 1. The molecule has 3 rings (SSSR count). The predicted molar refractivity (Wildman–Crippen MR) is 94.3 cm³/mol. The Hall–Kier alpha value is -0.0800. The van der Waals surface area contributed by atoms with Crippen molar-refractivity contribution >= 4 is 33.1 Å². The van der Waals surface area contributed by atoms with Gasteiger partial charge >= 0.3 is 0 Å². The van der Waals surface area contributed by atoms with Crippen LogP contribution in [0, 0.1) is 6.92 Å². The lowest BCUT2D eigenvalue weighted by molar-refractivity contribution is 0.108. The summed E-state index contributed by atoms with van der Waals surface area (Å²) in [7, 11) is -3.37. The third kappa shape index (κ3) is 3.53. The Morgan fingerprint density at radius 2 is 1.91 bits per heavy atom. The molecule has 4 nitrogen and oxygen atoms in total. The van der Waals surface area contributed by atoms with E-state index in [4.69, 9.17) is 0 Å². The van der Waals surface area contributed by atoms with E-state index in [1.54, 1.807) is 6.07 Å². The fourth-order valence-electron chi connectivity index (χ4n) is 3.53. The molecule has 1 aromatic heterocycles. The summed E-state index contributed by atoms with van der Waals surface area (Å²) in [5.41, 5.74) is 0.0420. The largest absolute Gasteiger partial charge is 0.295 e. The van der Waals surface area contributed by atoms with Crippen molar-refractivity contribution in [2.75, 3.05) is 31.1 Å². The number of thiophene rings is 1. The molecule has 124 valence electrons. The highest BCUT2D eigenvalue weighted by Gasteiger charge is 2.40. The Morgan fingerprint density at radius 3 is 2.50 bits per heavy atom. The van der Waals surface area contributed by atoms with Crippen LogP contribution < -0.4 is 4.72 Å². The third-order valence-electron chi connectivity index (χ3n) is 4.79. The molecule has 7 heteroatoms. The van der Waals surface area contributed by atoms with Crippen LogP contribution in [0.2, 0.25) is 0 Å². The molecule has 0 spiro atoms. The summed E-state index contributed by atoms with van der Waals surface area (Å²) in [6.45, 7) is 4.67. The normalized spacial score (nSPS) is 23.0. The zero-order valence-corrected chi connectivity index (χ0v) is 15.5. The zero-order valence-electron chi connectivity index (χ0n) is 13.0. The van der Waals surface area contributed by atoms with Crippen LogP contribution in [0.15, 0.2) is 16.3 Å². The van der Waals surface area contributed by atoms with Crippen molar-refractivity contribution in [3.8, 4) is 0 Å². The molecule has 1 aromatic rings. The van der Waals surface area contributed by atoms with E-state index in [0.29, 0.717) is 10.8 Å². The molecular formula is C15H24N2O2S3. The molecule has 1 aliphatic carbocycles. The second-order valence-corrected chi connectivity index (χ2v) is 10.7. The first-order valence-electron chi connectivity index (χ1n) is 7.91. The number of thioether (sulfide) groups is 1. The smallest absolute Gasteiger partial charge is 0.250 e. The number of sulfonamides is 1. The first kappa shape index (κ1) is 16.8. The van der Waals surface area contributed by atoms with Crippen molar-refractivity contribution in [3.63, 3.8) is 0 Å². The van der Waals surface area contributed by atoms with Crippen LogP contribution in [0.1, 0.15) is 30.6 Å². The summed E-state index contributed by atoms with van der Waals surface area (Å²) in [5, 5.41) is 0. The average Bonchev–Trinajstić information content (AvgIpc) is 3.16. The van der Waals surface area contributed by atoms with E-state index in [2.05, 4.69) is 9.62 Å². The molecule has 2 fully saturated rings. The monoisotopic (exact) mass is 360 g/mol. The van der Waals surface area contributed by atoms with Crippen LogP contribution in [-0.2, 0) is 10.0 Å². The zero-order chi connectivity index (χ0) is 15.6. The summed E-state index contributed by atoms with van der Waals surface area (Å²) < 4.78 is 28.3. The van der Waals surface area contributed by atoms with E-state index in [1.165, 1.54) is 35.7 Å². The van der Waals surface area contributed by atoms with Gasteiger partial charge in [0.05, 0.1) is 0 Å². The Labute approximate surface area is 141 Å². The van der Waals surface area contributed by atoms with Gasteiger partial charge in [0.2, 0.25) is 10.0 Å². The van der Waals surface area contributed by atoms with E-state index in [-0.39, 0.29) is 5.54 Å². The van der Waals surface area contributed by atoms with E-state index in [1.807, 2.05) is 24.8 Å². The Balaban J connectivity index is 1.71. The van der Waals surface area contributed by atoms with Crippen LogP contribution in [0.3, 0.4) is 0 Å². The van der Waals surface area contributed by atoms with Gasteiger partial charge in [-0.05, 0) is 31.9 Å². The SMILES string of the molecule is Cc1ccc(S(=O)(=O)NCC2(N3CCSCC3)CCCC2)s1. The van der Waals surface area contributed by atoms with Gasteiger partial charge in [-0.25, -0.2) is 13.1 Å². The molecule has 0 amide bonds. The Kier molecular flexibility index (Phi) is 5.19. The van der Waals surface area contributed by atoms with E-state index < -0.39 is 10.0 Å². The molecule has 2 heterocycles. The predicted octanol–water partition coefficient (Wildman–Crippen LogP) is 2.70. The van der Waals surface area contributed by atoms with Gasteiger partial charge in [0, 0.05) is 41.6 Å².